The van der Waals surface area contributed by atoms with Crippen molar-refractivity contribution in [3.63, 3.8) is 0 Å². The van der Waals surface area contributed by atoms with Crippen molar-refractivity contribution in [1.82, 2.24) is 9.80 Å². The van der Waals surface area contributed by atoms with Crippen LogP contribution in [0.3, 0.4) is 0 Å². The number of nitrogens with zero attached hydrogens (tertiary/aromatic N) is 2. The van der Waals surface area contributed by atoms with Gasteiger partial charge >= 0.3 is 12.3 Å². The van der Waals surface area contributed by atoms with Gasteiger partial charge in [-0.1, -0.05) is 15.9 Å². The van der Waals surface area contributed by atoms with E-state index >= 15 is 0 Å². The molecular formula is C17H18BrF3N2O3. The van der Waals surface area contributed by atoms with Gasteiger partial charge in [-0.15, -0.1) is 0 Å². The van der Waals surface area contributed by atoms with E-state index in [1.165, 1.54) is 15.9 Å². The third-order valence-electron chi connectivity index (χ3n) is 4.30. The van der Waals surface area contributed by atoms with Crippen molar-refractivity contribution in [2.24, 2.45) is 0 Å². The van der Waals surface area contributed by atoms with Crippen molar-refractivity contribution >= 4 is 27.9 Å². The highest BCUT2D eigenvalue weighted by Gasteiger charge is 2.47. The molecule has 2 aliphatic rings. The van der Waals surface area contributed by atoms with Gasteiger partial charge in [0.05, 0.1) is 17.2 Å². The average molecular weight is 435 g/mol. The first-order chi connectivity index (χ1) is 11.9. The first kappa shape index (κ1) is 19.0. The van der Waals surface area contributed by atoms with Gasteiger partial charge in [-0.2, -0.15) is 13.2 Å². The van der Waals surface area contributed by atoms with E-state index in [9.17, 15) is 22.8 Å². The summed E-state index contributed by atoms with van der Waals surface area (Å²) < 4.78 is 45.7. The zero-order valence-corrected chi connectivity index (χ0v) is 16.1. The highest BCUT2D eigenvalue weighted by atomic mass is 79.9. The maximum Gasteiger partial charge on any atom is 0.417 e. The monoisotopic (exact) mass is 434 g/mol. The largest absolute Gasteiger partial charge is 0.444 e. The van der Waals surface area contributed by atoms with Crippen molar-refractivity contribution in [1.29, 1.82) is 0 Å². The molecule has 1 aromatic rings. The molecule has 0 radical (unpaired) electrons. The van der Waals surface area contributed by atoms with Gasteiger partial charge in [0.15, 0.2) is 0 Å². The number of amides is 2. The van der Waals surface area contributed by atoms with E-state index in [1.807, 2.05) is 0 Å². The Balaban J connectivity index is 1.96. The Bertz CT molecular complexity index is 774. The molecule has 0 bridgehead atoms. The van der Waals surface area contributed by atoms with Gasteiger partial charge in [0.1, 0.15) is 5.60 Å². The van der Waals surface area contributed by atoms with E-state index in [4.69, 9.17) is 4.74 Å². The number of rotatable bonds is 0. The van der Waals surface area contributed by atoms with Gasteiger partial charge in [-0.05, 0) is 38.5 Å². The van der Waals surface area contributed by atoms with Gasteiger partial charge < -0.3 is 14.5 Å². The number of alkyl halides is 3. The fraction of sp³-hybridized carbons (Fsp3) is 0.529. The lowest BCUT2D eigenvalue weighted by Gasteiger charge is -2.38. The Kier molecular flexibility index (Phi) is 4.49. The van der Waals surface area contributed by atoms with Crippen LogP contribution in [0.5, 0.6) is 0 Å². The molecule has 1 fully saturated rings. The Morgan fingerprint density at radius 2 is 1.88 bits per heavy atom. The Morgan fingerprint density at radius 3 is 2.46 bits per heavy atom. The summed E-state index contributed by atoms with van der Waals surface area (Å²) in [6.07, 6.45) is -5.17. The number of ether oxygens (including phenoxy) is 1. The maximum atomic E-state index is 13.4. The van der Waals surface area contributed by atoms with Crippen molar-refractivity contribution in [2.75, 3.05) is 19.6 Å². The molecule has 26 heavy (non-hydrogen) atoms. The summed E-state index contributed by atoms with van der Waals surface area (Å²) in [5.74, 6) is -0.645. The molecule has 3 rings (SSSR count). The minimum atomic E-state index is -4.64. The van der Waals surface area contributed by atoms with Crippen LogP contribution in [0.25, 0.3) is 0 Å². The predicted octanol–water partition coefficient (Wildman–Crippen LogP) is 4.22. The molecule has 0 aliphatic carbocycles. The fourth-order valence-electron chi connectivity index (χ4n) is 3.28. The number of piperazine rings is 1. The summed E-state index contributed by atoms with van der Waals surface area (Å²) in [7, 11) is 0. The lowest BCUT2D eigenvalue weighted by Crippen LogP contribution is -2.50. The lowest BCUT2D eigenvalue weighted by atomic mass is 9.98. The lowest BCUT2D eigenvalue weighted by molar-refractivity contribution is -0.138. The van der Waals surface area contributed by atoms with Crippen LogP contribution in [0, 0.1) is 0 Å². The van der Waals surface area contributed by atoms with E-state index in [2.05, 4.69) is 15.9 Å². The van der Waals surface area contributed by atoms with Crippen LogP contribution in [0.4, 0.5) is 18.0 Å². The minimum absolute atomic E-state index is 0.0986. The van der Waals surface area contributed by atoms with Gasteiger partial charge in [0.25, 0.3) is 5.91 Å². The highest BCUT2D eigenvalue weighted by Crippen LogP contribution is 2.44. The molecule has 0 N–H and O–H groups in total. The van der Waals surface area contributed by atoms with Crippen molar-refractivity contribution in [3.05, 3.63) is 33.3 Å². The molecule has 1 saturated heterocycles. The topological polar surface area (TPSA) is 49.9 Å². The van der Waals surface area contributed by atoms with E-state index in [0.29, 0.717) is 0 Å². The molecule has 142 valence electrons. The smallest absolute Gasteiger partial charge is 0.417 e. The molecule has 1 atom stereocenters. The summed E-state index contributed by atoms with van der Waals surface area (Å²) >= 11 is 3.09. The number of carbonyl (C=O) groups is 2. The molecule has 2 amide bonds. The Hall–Kier alpha value is -1.77. The van der Waals surface area contributed by atoms with Gasteiger partial charge in [-0.3, -0.25) is 4.79 Å². The molecule has 1 unspecified atom stereocenters. The molecule has 0 aromatic heterocycles. The minimum Gasteiger partial charge on any atom is -0.444 e. The quantitative estimate of drug-likeness (QED) is 0.614. The summed E-state index contributed by atoms with van der Waals surface area (Å²) in [5, 5.41) is 0. The zero-order valence-electron chi connectivity index (χ0n) is 14.5. The molecule has 2 aliphatic heterocycles. The summed E-state index contributed by atoms with van der Waals surface area (Å²) in [6, 6.07) is 1.82. The van der Waals surface area contributed by atoms with Gasteiger partial charge in [0.2, 0.25) is 0 Å². The molecule has 9 heteroatoms. The second-order valence-corrected chi connectivity index (χ2v) is 8.27. The molecule has 1 aromatic carbocycles. The van der Waals surface area contributed by atoms with Gasteiger partial charge in [0, 0.05) is 24.1 Å². The second kappa shape index (κ2) is 6.14. The maximum absolute atomic E-state index is 13.4. The first-order valence-corrected chi connectivity index (χ1v) is 8.87. The van der Waals surface area contributed by atoms with E-state index in [1.54, 1.807) is 20.8 Å². The predicted molar refractivity (Wildman–Crippen MR) is 90.7 cm³/mol. The van der Waals surface area contributed by atoms with Gasteiger partial charge in [-0.25, -0.2) is 4.79 Å². The first-order valence-electron chi connectivity index (χ1n) is 8.08. The van der Waals surface area contributed by atoms with Crippen molar-refractivity contribution in [2.45, 2.75) is 38.6 Å². The molecule has 5 nitrogen and oxygen atoms in total. The zero-order chi connectivity index (χ0) is 19.4. The van der Waals surface area contributed by atoms with Crippen LogP contribution in [0.2, 0.25) is 0 Å². The van der Waals surface area contributed by atoms with E-state index in [0.717, 1.165) is 6.07 Å². The number of fused-ring (bicyclic) bond motifs is 3. The van der Waals surface area contributed by atoms with Crippen LogP contribution in [0.1, 0.15) is 48.3 Å². The Morgan fingerprint density at radius 1 is 1.23 bits per heavy atom. The summed E-state index contributed by atoms with van der Waals surface area (Å²) in [5.41, 5.74) is -1.67. The Labute approximate surface area is 157 Å². The second-order valence-electron chi connectivity index (χ2n) is 7.36. The summed E-state index contributed by atoms with van der Waals surface area (Å²) in [6.45, 7) is 5.69. The molecular weight excluding hydrogens is 417 g/mol. The number of halogens is 4. The molecule has 0 spiro atoms. The molecule has 0 saturated carbocycles. The third-order valence-corrected chi connectivity index (χ3v) is 4.76. The van der Waals surface area contributed by atoms with Crippen LogP contribution < -0.4 is 0 Å². The number of benzene rings is 1. The van der Waals surface area contributed by atoms with Crippen LogP contribution in [0.15, 0.2) is 16.6 Å². The standard InChI is InChI=1S/C17H18BrF3N2O3/c1-16(2,3)26-15(25)22-4-5-23-12(8-22)10-6-9(18)7-11(17(19,20)21)13(10)14(23)24/h6-7,12H,4-5,8H2,1-3H3. The van der Waals surface area contributed by atoms with Crippen LogP contribution in [-0.2, 0) is 10.9 Å². The highest BCUT2D eigenvalue weighted by molar-refractivity contribution is 9.10. The van der Waals surface area contributed by atoms with E-state index in [-0.39, 0.29) is 35.2 Å². The fourth-order valence-corrected chi connectivity index (χ4v) is 3.76. The SMILES string of the molecule is CC(C)(C)OC(=O)N1CCN2C(=O)c3c(cc(Br)cc3C(F)(F)F)C2C1. The molecule has 2 heterocycles. The normalized spacial score (nSPS) is 20.1. The number of hydrogen-bond donors (Lipinski definition) is 0. The average Bonchev–Trinajstić information content (AvgIpc) is 2.76. The third kappa shape index (κ3) is 3.41. The van der Waals surface area contributed by atoms with E-state index < -0.39 is 35.4 Å². The number of carbonyl (C=O) groups excluding carboxylic acids is 2. The van der Waals surface area contributed by atoms with Crippen molar-refractivity contribution in [3.8, 4) is 0 Å². The van der Waals surface area contributed by atoms with Crippen LogP contribution >= 0.6 is 15.9 Å². The summed E-state index contributed by atoms with van der Waals surface area (Å²) in [4.78, 5) is 27.7. The van der Waals surface area contributed by atoms with Crippen molar-refractivity contribution < 1.29 is 27.5 Å². The van der Waals surface area contributed by atoms with Crippen LogP contribution in [-0.4, -0.2) is 47.0 Å². The number of hydrogen-bond acceptors (Lipinski definition) is 3.